The van der Waals surface area contributed by atoms with Crippen molar-refractivity contribution in [3.63, 3.8) is 0 Å². The van der Waals surface area contributed by atoms with Gasteiger partial charge < -0.3 is 19.8 Å². The van der Waals surface area contributed by atoms with Crippen molar-refractivity contribution in [2.24, 2.45) is 0 Å². The van der Waals surface area contributed by atoms with Crippen LogP contribution >= 0.6 is 0 Å². The molecule has 0 aliphatic rings. The third-order valence-electron chi connectivity index (χ3n) is 2.64. The van der Waals surface area contributed by atoms with Crippen LogP contribution < -0.4 is 0 Å². The summed E-state index contributed by atoms with van der Waals surface area (Å²) in [6, 6.07) is 3.38. The molecule has 0 fully saturated rings. The lowest BCUT2D eigenvalue weighted by Crippen LogP contribution is -2.41. The fourth-order valence-corrected chi connectivity index (χ4v) is 1.72. The number of nitrogens with zero attached hydrogens (tertiary/aromatic N) is 1. The Labute approximate surface area is 117 Å². The molecule has 0 heterocycles. The summed E-state index contributed by atoms with van der Waals surface area (Å²) in [5, 5.41) is 18.8. The summed E-state index contributed by atoms with van der Waals surface area (Å²) < 4.78 is 4.82. The van der Waals surface area contributed by atoms with Gasteiger partial charge in [0.25, 0.3) is 5.91 Å². The third-order valence-corrected chi connectivity index (χ3v) is 2.64. The fourth-order valence-electron chi connectivity index (χ4n) is 1.72. The van der Waals surface area contributed by atoms with E-state index in [0.29, 0.717) is 0 Å². The highest BCUT2D eigenvalue weighted by atomic mass is 16.5. The quantitative estimate of drug-likeness (QED) is 0.799. The van der Waals surface area contributed by atoms with E-state index in [1.54, 1.807) is 20.8 Å². The number of esters is 1. The summed E-state index contributed by atoms with van der Waals surface area (Å²) >= 11 is 0. The van der Waals surface area contributed by atoms with Gasteiger partial charge in [-0.25, -0.2) is 0 Å². The Morgan fingerprint density at radius 3 is 2.20 bits per heavy atom. The minimum Gasteiger partial charge on any atom is -0.508 e. The van der Waals surface area contributed by atoms with E-state index in [9.17, 15) is 19.8 Å². The molecular formula is C14H19NO5. The Balaban J connectivity index is 2.96. The zero-order valence-corrected chi connectivity index (χ0v) is 11.8. The minimum absolute atomic E-state index is 0.112. The number of ether oxygens (including phenoxy) is 1. The number of amides is 1. The van der Waals surface area contributed by atoms with Gasteiger partial charge in [-0.1, -0.05) is 0 Å². The van der Waals surface area contributed by atoms with Gasteiger partial charge in [-0.15, -0.1) is 0 Å². The maximum Gasteiger partial charge on any atom is 0.325 e. The van der Waals surface area contributed by atoms with E-state index in [1.807, 2.05) is 0 Å². The van der Waals surface area contributed by atoms with Crippen LogP contribution in [0.3, 0.4) is 0 Å². The summed E-state index contributed by atoms with van der Waals surface area (Å²) in [7, 11) is 0. The van der Waals surface area contributed by atoms with E-state index in [-0.39, 0.29) is 36.3 Å². The molecule has 0 aliphatic carbocycles. The summed E-state index contributed by atoms with van der Waals surface area (Å²) in [5.74, 6) is -1.39. The standard InChI is InChI=1S/C14H19NO5/c1-4-20-13(18)8-15(9(2)3)14(19)10-5-11(16)7-12(17)6-10/h5-7,9,16-17H,4,8H2,1-3H3. The summed E-state index contributed by atoms with van der Waals surface area (Å²) in [5.41, 5.74) is 0.112. The average Bonchev–Trinajstić information content (AvgIpc) is 2.34. The summed E-state index contributed by atoms with van der Waals surface area (Å²) in [4.78, 5) is 25.2. The normalized spacial score (nSPS) is 10.4. The first-order valence-corrected chi connectivity index (χ1v) is 6.34. The van der Waals surface area contributed by atoms with Gasteiger partial charge in [-0.05, 0) is 32.9 Å². The van der Waals surface area contributed by atoms with Crippen molar-refractivity contribution in [1.29, 1.82) is 0 Å². The zero-order valence-electron chi connectivity index (χ0n) is 11.8. The molecule has 0 saturated carbocycles. The van der Waals surface area contributed by atoms with Crippen LogP contribution in [0.25, 0.3) is 0 Å². The van der Waals surface area contributed by atoms with E-state index in [1.165, 1.54) is 17.0 Å². The lowest BCUT2D eigenvalue weighted by molar-refractivity contribution is -0.144. The molecule has 110 valence electrons. The van der Waals surface area contributed by atoms with E-state index < -0.39 is 11.9 Å². The first-order valence-electron chi connectivity index (χ1n) is 6.34. The van der Waals surface area contributed by atoms with Crippen molar-refractivity contribution in [1.82, 2.24) is 4.90 Å². The second-order valence-corrected chi connectivity index (χ2v) is 4.57. The van der Waals surface area contributed by atoms with Gasteiger partial charge in [-0.3, -0.25) is 9.59 Å². The molecule has 1 aromatic rings. The van der Waals surface area contributed by atoms with Crippen molar-refractivity contribution in [2.45, 2.75) is 26.8 Å². The Morgan fingerprint density at radius 1 is 1.20 bits per heavy atom. The lowest BCUT2D eigenvalue weighted by atomic mass is 10.1. The van der Waals surface area contributed by atoms with Crippen molar-refractivity contribution in [3.8, 4) is 11.5 Å². The van der Waals surface area contributed by atoms with Crippen molar-refractivity contribution in [3.05, 3.63) is 23.8 Å². The molecule has 0 atom stereocenters. The van der Waals surface area contributed by atoms with Gasteiger partial charge in [0.05, 0.1) is 6.61 Å². The Hall–Kier alpha value is -2.24. The maximum absolute atomic E-state index is 12.3. The molecule has 1 rings (SSSR count). The molecule has 0 aliphatic heterocycles. The first-order chi connectivity index (χ1) is 9.35. The molecule has 0 bridgehead atoms. The molecule has 1 amide bonds. The number of aromatic hydroxyl groups is 2. The van der Waals surface area contributed by atoms with Crippen molar-refractivity contribution in [2.75, 3.05) is 13.2 Å². The number of phenolic OH excluding ortho intramolecular Hbond substituents is 2. The SMILES string of the molecule is CCOC(=O)CN(C(=O)c1cc(O)cc(O)c1)C(C)C. The van der Waals surface area contributed by atoms with Crippen molar-refractivity contribution < 1.29 is 24.5 Å². The molecule has 0 radical (unpaired) electrons. The number of benzene rings is 1. The highest BCUT2D eigenvalue weighted by Gasteiger charge is 2.23. The molecule has 0 saturated heterocycles. The monoisotopic (exact) mass is 281 g/mol. The van der Waals surface area contributed by atoms with Crippen LogP contribution in [0.1, 0.15) is 31.1 Å². The van der Waals surface area contributed by atoms with Crippen LogP contribution in [0.5, 0.6) is 11.5 Å². The second kappa shape index (κ2) is 6.79. The van der Waals surface area contributed by atoms with Crippen LogP contribution in [0.2, 0.25) is 0 Å². The van der Waals surface area contributed by atoms with Crippen LogP contribution in [0.15, 0.2) is 18.2 Å². The van der Waals surface area contributed by atoms with Gasteiger partial charge in [0, 0.05) is 17.7 Å². The van der Waals surface area contributed by atoms with Crippen LogP contribution in [0.4, 0.5) is 0 Å². The minimum atomic E-state index is -0.501. The fraction of sp³-hybridized carbons (Fsp3) is 0.429. The summed E-state index contributed by atoms with van der Waals surface area (Å²) in [6.45, 7) is 5.28. The van der Waals surface area contributed by atoms with Crippen LogP contribution in [0, 0.1) is 0 Å². The average molecular weight is 281 g/mol. The van der Waals surface area contributed by atoms with E-state index in [4.69, 9.17) is 4.74 Å². The molecule has 0 unspecified atom stereocenters. The molecule has 1 aromatic carbocycles. The van der Waals surface area contributed by atoms with E-state index >= 15 is 0 Å². The first kappa shape index (κ1) is 15.8. The number of hydrogen-bond acceptors (Lipinski definition) is 5. The maximum atomic E-state index is 12.3. The second-order valence-electron chi connectivity index (χ2n) is 4.57. The lowest BCUT2D eigenvalue weighted by Gasteiger charge is -2.25. The van der Waals surface area contributed by atoms with E-state index in [0.717, 1.165) is 6.07 Å². The number of rotatable bonds is 5. The molecule has 20 heavy (non-hydrogen) atoms. The van der Waals surface area contributed by atoms with Crippen molar-refractivity contribution >= 4 is 11.9 Å². The molecule has 2 N–H and O–H groups in total. The number of carbonyl (C=O) groups excluding carboxylic acids is 2. The zero-order chi connectivity index (χ0) is 15.3. The number of hydrogen-bond donors (Lipinski definition) is 2. The van der Waals surface area contributed by atoms with Gasteiger partial charge in [0.1, 0.15) is 18.0 Å². The Morgan fingerprint density at radius 2 is 1.75 bits per heavy atom. The molecule has 0 spiro atoms. The third kappa shape index (κ3) is 4.15. The number of phenols is 2. The Kier molecular flexibility index (Phi) is 5.37. The highest BCUT2D eigenvalue weighted by molar-refractivity contribution is 5.96. The smallest absolute Gasteiger partial charge is 0.325 e. The number of carbonyl (C=O) groups is 2. The van der Waals surface area contributed by atoms with Crippen LogP contribution in [-0.4, -0.2) is 46.2 Å². The predicted octanol–water partition coefficient (Wildman–Crippen LogP) is 1.51. The van der Waals surface area contributed by atoms with Gasteiger partial charge in [0.15, 0.2) is 0 Å². The molecule has 0 aromatic heterocycles. The molecule has 6 heteroatoms. The van der Waals surface area contributed by atoms with Crippen LogP contribution in [-0.2, 0) is 9.53 Å². The van der Waals surface area contributed by atoms with Gasteiger partial charge in [-0.2, -0.15) is 0 Å². The Bertz CT molecular complexity index is 478. The largest absolute Gasteiger partial charge is 0.508 e. The van der Waals surface area contributed by atoms with E-state index in [2.05, 4.69) is 0 Å². The van der Waals surface area contributed by atoms with Gasteiger partial charge in [0.2, 0.25) is 0 Å². The molecular weight excluding hydrogens is 262 g/mol. The topological polar surface area (TPSA) is 87.1 Å². The predicted molar refractivity (Wildman–Crippen MR) is 72.6 cm³/mol. The van der Waals surface area contributed by atoms with Gasteiger partial charge >= 0.3 is 5.97 Å². The highest BCUT2D eigenvalue weighted by Crippen LogP contribution is 2.22. The molecule has 6 nitrogen and oxygen atoms in total. The summed E-state index contributed by atoms with van der Waals surface area (Å²) in [6.07, 6.45) is 0.